The average molecular weight is 218 g/mol. The molecule has 0 saturated carbocycles. The summed E-state index contributed by atoms with van der Waals surface area (Å²) in [6.07, 6.45) is 0. The van der Waals surface area contributed by atoms with Gasteiger partial charge in [0.2, 0.25) is 5.91 Å². The van der Waals surface area contributed by atoms with Crippen LogP contribution in [0, 0.1) is 0 Å². The molecule has 1 heterocycles. The molecule has 0 saturated heterocycles. The van der Waals surface area contributed by atoms with Crippen LogP contribution in [0.25, 0.3) is 0 Å². The summed E-state index contributed by atoms with van der Waals surface area (Å²) in [5.74, 6) is -1.29. The lowest BCUT2D eigenvalue weighted by Gasteiger charge is -2.24. The van der Waals surface area contributed by atoms with Gasteiger partial charge >= 0.3 is 0 Å². The van der Waals surface area contributed by atoms with Crippen molar-refractivity contribution in [2.75, 3.05) is 7.05 Å². The number of rotatable bonds is 1. The Hall–Kier alpha value is -2.17. The van der Waals surface area contributed by atoms with Crippen molar-refractivity contribution >= 4 is 17.7 Å². The molecule has 3 amide bonds. The monoisotopic (exact) mass is 218 g/mol. The van der Waals surface area contributed by atoms with Gasteiger partial charge in [0.25, 0.3) is 11.8 Å². The van der Waals surface area contributed by atoms with Crippen LogP contribution in [-0.4, -0.2) is 34.8 Å². The first kappa shape index (κ1) is 10.4. The Balaban J connectivity index is 2.46. The second kappa shape index (κ2) is 3.44. The quantitative estimate of drug-likeness (QED) is 0.651. The molecule has 5 heteroatoms. The van der Waals surface area contributed by atoms with E-state index >= 15 is 0 Å². The summed E-state index contributed by atoms with van der Waals surface area (Å²) in [6.45, 7) is 1.30. The molecule has 16 heavy (non-hydrogen) atoms. The Kier molecular flexibility index (Phi) is 2.23. The molecule has 0 fully saturated rings. The van der Waals surface area contributed by atoms with Crippen molar-refractivity contribution in [1.82, 2.24) is 10.0 Å². The summed E-state index contributed by atoms with van der Waals surface area (Å²) in [7, 11) is 1.39. The minimum Gasteiger partial charge on any atom is -0.273 e. The zero-order valence-corrected chi connectivity index (χ0v) is 8.93. The maximum absolute atomic E-state index is 11.9. The second-order valence-electron chi connectivity index (χ2n) is 3.51. The second-order valence-corrected chi connectivity index (χ2v) is 3.51. The molecule has 1 aliphatic heterocycles. The van der Waals surface area contributed by atoms with E-state index in [1.807, 2.05) is 0 Å². The first-order valence-electron chi connectivity index (χ1n) is 4.76. The van der Waals surface area contributed by atoms with E-state index in [1.54, 1.807) is 24.3 Å². The van der Waals surface area contributed by atoms with Crippen LogP contribution in [0.2, 0.25) is 0 Å². The highest BCUT2D eigenvalue weighted by Gasteiger charge is 2.38. The van der Waals surface area contributed by atoms with E-state index in [0.717, 1.165) is 10.0 Å². The number of carbonyl (C=O) groups excluding carboxylic acids is 3. The fourth-order valence-electron chi connectivity index (χ4n) is 1.59. The summed E-state index contributed by atoms with van der Waals surface area (Å²) < 4.78 is 0. The predicted octanol–water partition coefficient (Wildman–Crippen LogP) is 0.676. The van der Waals surface area contributed by atoms with Crippen LogP contribution in [-0.2, 0) is 4.79 Å². The van der Waals surface area contributed by atoms with Crippen molar-refractivity contribution in [2.24, 2.45) is 0 Å². The van der Waals surface area contributed by atoms with Gasteiger partial charge in [-0.15, -0.1) is 0 Å². The Morgan fingerprint density at radius 3 is 1.94 bits per heavy atom. The zero-order valence-electron chi connectivity index (χ0n) is 8.93. The number of hydrogen-bond acceptors (Lipinski definition) is 3. The van der Waals surface area contributed by atoms with Crippen LogP contribution in [0.15, 0.2) is 24.3 Å². The van der Waals surface area contributed by atoms with E-state index in [0.29, 0.717) is 11.1 Å². The van der Waals surface area contributed by atoms with E-state index in [-0.39, 0.29) is 5.91 Å². The molecule has 0 bridgehead atoms. The molecule has 5 nitrogen and oxygen atoms in total. The third kappa shape index (κ3) is 1.29. The van der Waals surface area contributed by atoms with Gasteiger partial charge in [-0.3, -0.25) is 14.4 Å². The van der Waals surface area contributed by atoms with Crippen LogP contribution >= 0.6 is 0 Å². The summed E-state index contributed by atoms with van der Waals surface area (Å²) >= 11 is 0. The molecule has 0 unspecified atom stereocenters. The third-order valence-corrected chi connectivity index (χ3v) is 2.53. The molecule has 0 N–H and O–H groups in total. The Morgan fingerprint density at radius 1 is 1.12 bits per heavy atom. The van der Waals surface area contributed by atoms with Crippen molar-refractivity contribution in [3.63, 3.8) is 0 Å². The average Bonchev–Trinajstić information content (AvgIpc) is 2.52. The number of nitrogens with zero attached hydrogens (tertiary/aromatic N) is 2. The fraction of sp³-hybridized carbons (Fsp3) is 0.182. The molecule has 82 valence electrons. The number of imide groups is 1. The van der Waals surface area contributed by atoms with Crippen LogP contribution in [0.3, 0.4) is 0 Å². The van der Waals surface area contributed by atoms with Gasteiger partial charge in [0.15, 0.2) is 0 Å². The standard InChI is InChI=1S/C11H10N2O3/c1-7(14)12(2)13-10(15)8-5-3-4-6-9(8)11(13)16/h3-6H,1-2H3. The number of carbonyl (C=O) groups is 3. The number of hydrazine groups is 1. The first-order chi connectivity index (χ1) is 7.54. The van der Waals surface area contributed by atoms with Crippen LogP contribution in [0.1, 0.15) is 27.6 Å². The zero-order chi connectivity index (χ0) is 11.9. The first-order valence-corrected chi connectivity index (χ1v) is 4.76. The van der Waals surface area contributed by atoms with E-state index in [1.165, 1.54) is 14.0 Å². The van der Waals surface area contributed by atoms with Crippen molar-refractivity contribution < 1.29 is 14.4 Å². The van der Waals surface area contributed by atoms with Crippen LogP contribution < -0.4 is 0 Å². The summed E-state index contributed by atoms with van der Waals surface area (Å²) in [6, 6.07) is 6.51. The molecule has 1 aromatic carbocycles. The molecule has 0 atom stereocenters. The third-order valence-electron chi connectivity index (χ3n) is 2.53. The predicted molar refractivity (Wildman–Crippen MR) is 55.4 cm³/mol. The number of fused-ring (bicyclic) bond motifs is 1. The minimum absolute atomic E-state index is 0.334. The molecular weight excluding hydrogens is 208 g/mol. The van der Waals surface area contributed by atoms with E-state index < -0.39 is 11.8 Å². The summed E-state index contributed by atoms with van der Waals surface area (Å²) in [4.78, 5) is 34.9. The molecule has 0 aliphatic carbocycles. The largest absolute Gasteiger partial charge is 0.280 e. The lowest BCUT2D eigenvalue weighted by molar-refractivity contribution is -0.136. The highest BCUT2D eigenvalue weighted by atomic mass is 16.2. The van der Waals surface area contributed by atoms with Crippen molar-refractivity contribution in [3.8, 4) is 0 Å². The normalized spacial score (nSPS) is 14.0. The van der Waals surface area contributed by atoms with Crippen LogP contribution in [0.4, 0.5) is 0 Å². The molecule has 2 rings (SSSR count). The molecule has 0 spiro atoms. The van der Waals surface area contributed by atoms with Crippen molar-refractivity contribution in [2.45, 2.75) is 6.92 Å². The SMILES string of the molecule is CC(=O)N(C)N1C(=O)c2ccccc2C1=O. The number of amides is 3. The number of benzene rings is 1. The fourth-order valence-corrected chi connectivity index (χ4v) is 1.59. The Bertz CT molecular complexity index is 461. The molecule has 0 radical (unpaired) electrons. The Morgan fingerprint density at radius 2 is 1.56 bits per heavy atom. The van der Waals surface area contributed by atoms with Crippen molar-refractivity contribution in [3.05, 3.63) is 35.4 Å². The van der Waals surface area contributed by atoms with Gasteiger partial charge < -0.3 is 0 Å². The highest BCUT2D eigenvalue weighted by molar-refractivity contribution is 6.21. The van der Waals surface area contributed by atoms with E-state index in [9.17, 15) is 14.4 Å². The van der Waals surface area contributed by atoms with E-state index in [4.69, 9.17) is 0 Å². The topological polar surface area (TPSA) is 57.7 Å². The van der Waals surface area contributed by atoms with Crippen LogP contribution in [0.5, 0.6) is 0 Å². The highest BCUT2D eigenvalue weighted by Crippen LogP contribution is 2.23. The molecule has 0 aromatic heterocycles. The van der Waals surface area contributed by atoms with Gasteiger partial charge in [0.1, 0.15) is 0 Å². The summed E-state index contributed by atoms with van der Waals surface area (Å²) in [5, 5.41) is 1.87. The maximum atomic E-state index is 11.9. The lowest BCUT2D eigenvalue weighted by atomic mass is 10.1. The Labute approximate surface area is 92.2 Å². The maximum Gasteiger partial charge on any atom is 0.280 e. The van der Waals surface area contributed by atoms with Gasteiger partial charge in [0.05, 0.1) is 11.1 Å². The minimum atomic E-state index is -0.460. The van der Waals surface area contributed by atoms with Gasteiger partial charge in [0, 0.05) is 14.0 Å². The van der Waals surface area contributed by atoms with Gasteiger partial charge in [-0.1, -0.05) is 12.1 Å². The summed E-state index contributed by atoms with van der Waals surface area (Å²) in [5.41, 5.74) is 0.668. The molecule has 1 aliphatic rings. The molecular formula is C11H10N2O3. The lowest BCUT2D eigenvalue weighted by Crippen LogP contribution is -2.46. The van der Waals surface area contributed by atoms with Gasteiger partial charge in [-0.2, -0.15) is 5.01 Å². The smallest absolute Gasteiger partial charge is 0.273 e. The van der Waals surface area contributed by atoms with Gasteiger partial charge in [-0.05, 0) is 12.1 Å². The van der Waals surface area contributed by atoms with Gasteiger partial charge in [-0.25, -0.2) is 5.01 Å². The van der Waals surface area contributed by atoms with E-state index in [2.05, 4.69) is 0 Å². The number of hydrogen-bond donors (Lipinski definition) is 0. The van der Waals surface area contributed by atoms with Crippen molar-refractivity contribution in [1.29, 1.82) is 0 Å². The molecule has 1 aromatic rings.